The molecule has 1 amide bonds. The SMILES string of the molecule is CC(C)c1ccc(NC(=O)CSc2nc(=O)n(Cc3ccco3)c3c2CCCC3)cc1. The van der Waals surface area contributed by atoms with Gasteiger partial charge in [0.25, 0.3) is 0 Å². The number of amides is 1. The smallest absolute Gasteiger partial charge is 0.349 e. The average molecular weight is 438 g/mol. The molecular formula is C24H27N3O3S. The molecule has 0 fully saturated rings. The summed E-state index contributed by atoms with van der Waals surface area (Å²) in [6, 6.07) is 11.6. The van der Waals surface area contributed by atoms with Crippen molar-refractivity contribution in [1.82, 2.24) is 9.55 Å². The number of carbonyl (C=O) groups excluding carboxylic acids is 1. The van der Waals surface area contributed by atoms with Gasteiger partial charge in [-0.2, -0.15) is 4.98 Å². The summed E-state index contributed by atoms with van der Waals surface area (Å²) in [5, 5.41) is 3.61. The number of anilines is 1. The summed E-state index contributed by atoms with van der Waals surface area (Å²) in [7, 11) is 0. The van der Waals surface area contributed by atoms with Gasteiger partial charge < -0.3 is 9.73 Å². The minimum atomic E-state index is -0.288. The molecule has 1 aliphatic carbocycles. The highest BCUT2D eigenvalue weighted by Crippen LogP contribution is 2.29. The third-order valence-corrected chi connectivity index (χ3v) is 6.56. The van der Waals surface area contributed by atoms with Gasteiger partial charge in [0.1, 0.15) is 10.8 Å². The zero-order valence-electron chi connectivity index (χ0n) is 17.9. The maximum atomic E-state index is 12.8. The summed E-state index contributed by atoms with van der Waals surface area (Å²) in [5.74, 6) is 1.30. The summed E-state index contributed by atoms with van der Waals surface area (Å²) in [6.45, 7) is 4.67. The summed E-state index contributed by atoms with van der Waals surface area (Å²) >= 11 is 1.34. The zero-order chi connectivity index (χ0) is 21.8. The minimum absolute atomic E-state index is 0.103. The van der Waals surface area contributed by atoms with E-state index in [1.54, 1.807) is 10.8 Å². The molecule has 0 saturated carbocycles. The molecule has 0 radical (unpaired) electrons. The molecule has 0 spiro atoms. The largest absolute Gasteiger partial charge is 0.467 e. The van der Waals surface area contributed by atoms with Crippen molar-refractivity contribution >= 4 is 23.4 Å². The monoisotopic (exact) mass is 437 g/mol. The molecule has 7 heteroatoms. The zero-order valence-corrected chi connectivity index (χ0v) is 18.7. The highest BCUT2D eigenvalue weighted by molar-refractivity contribution is 8.00. The van der Waals surface area contributed by atoms with Crippen LogP contribution in [0.4, 0.5) is 5.69 Å². The van der Waals surface area contributed by atoms with E-state index in [0.29, 0.717) is 17.5 Å². The molecule has 3 aromatic rings. The molecule has 0 unspecified atom stereocenters. The predicted octanol–water partition coefficient (Wildman–Crippen LogP) is 4.62. The van der Waals surface area contributed by atoms with Crippen molar-refractivity contribution in [3.63, 3.8) is 0 Å². The van der Waals surface area contributed by atoms with Gasteiger partial charge in [0.2, 0.25) is 5.91 Å². The molecule has 162 valence electrons. The fourth-order valence-corrected chi connectivity index (χ4v) is 4.75. The van der Waals surface area contributed by atoms with Crippen molar-refractivity contribution in [2.45, 2.75) is 57.0 Å². The lowest BCUT2D eigenvalue weighted by atomic mass is 9.97. The van der Waals surface area contributed by atoms with E-state index < -0.39 is 0 Å². The lowest BCUT2D eigenvalue weighted by molar-refractivity contribution is -0.113. The highest BCUT2D eigenvalue weighted by atomic mass is 32.2. The Balaban J connectivity index is 1.47. The fraction of sp³-hybridized carbons (Fsp3) is 0.375. The van der Waals surface area contributed by atoms with E-state index in [0.717, 1.165) is 48.4 Å². The second kappa shape index (κ2) is 9.56. The Hall–Kier alpha value is -2.80. The van der Waals surface area contributed by atoms with Gasteiger partial charge >= 0.3 is 5.69 Å². The van der Waals surface area contributed by atoms with Crippen molar-refractivity contribution in [3.8, 4) is 0 Å². The maximum Gasteiger partial charge on any atom is 0.349 e. The highest BCUT2D eigenvalue weighted by Gasteiger charge is 2.21. The minimum Gasteiger partial charge on any atom is -0.467 e. The Labute approximate surface area is 186 Å². The van der Waals surface area contributed by atoms with E-state index in [-0.39, 0.29) is 17.3 Å². The summed E-state index contributed by atoms with van der Waals surface area (Å²) in [4.78, 5) is 29.6. The number of aromatic nitrogens is 2. The standard InChI is InChI=1S/C24H27N3O3S/c1-16(2)17-9-11-18(12-10-17)25-22(28)15-31-23-20-7-3-4-8-21(20)27(24(29)26-23)14-19-6-5-13-30-19/h5-6,9-13,16H,3-4,7-8,14-15H2,1-2H3,(H,25,28). The third kappa shape index (κ3) is 5.10. The lowest BCUT2D eigenvalue weighted by Crippen LogP contribution is -2.30. The van der Waals surface area contributed by atoms with Gasteiger partial charge in [0.15, 0.2) is 0 Å². The first-order chi connectivity index (χ1) is 15.0. The number of hydrogen-bond acceptors (Lipinski definition) is 5. The fourth-order valence-electron chi connectivity index (χ4n) is 3.87. The van der Waals surface area contributed by atoms with Crippen molar-refractivity contribution in [2.24, 2.45) is 0 Å². The van der Waals surface area contributed by atoms with Crippen LogP contribution in [0.5, 0.6) is 0 Å². The quantitative estimate of drug-likeness (QED) is 0.431. The molecule has 1 aliphatic rings. The molecule has 6 nitrogen and oxygen atoms in total. The van der Waals surface area contributed by atoms with Crippen LogP contribution in [0, 0.1) is 0 Å². The topological polar surface area (TPSA) is 77.1 Å². The molecule has 4 rings (SSSR count). The first-order valence-electron chi connectivity index (χ1n) is 10.7. The van der Waals surface area contributed by atoms with E-state index in [1.165, 1.54) is 17.3 Å². The molecule has 31 heavy (non-hydrogen) atoms. The van der Waals surface area contributed by atoms with Crippen molar-refractivity contribution in [3.05, 3.63) is 75.7 Å². The Morgan fingerprint density at radius 1 is 1.19 bits per heavy atom. The van der Waals surface area contributed by atoms with E-state index in [2.05, 4.69) is 24.1 Å². The van der Waals surface area contributed by atoms with Crippen LogP contribution in [-0.4, -0.2) is 21.2 Å². The van der Waals surface area contributed by atoms with E-state index in [9.17, 15) is 9.59 Å². The molecule has 2 aromatic heterocycles. The van der Waals surface area contributed by atoms with Crippen LogP contribution in [0.25, 0.3) is 0 Å². The normalized spacial score (nSPS) is 13.3. The second-order valence-corrected chi connectivity index (χ2v) is 9.08. The molecule has 1 aromatic carbocycles. The van der Waals surface area contributed by atoms with Crippen LogP contribution >= 0.6 is 11.8 Å². The Kier molecular flexibility index (Phi) is 6.61. The van der Waals surface area contributed by atoms with E-state index >= 15 is 0 Å². The molecule has 0 atom stereocenters. The second-order valence-electron chi connectivity index (χ2n) is 8.11. The number of benzene rings is 1. The summed E-state index contributed by atoms with van der Waals surface area (Å²) in [6.07, 6.45) is 5.44. The maximum absolute atomic E-state index is 12.8. The Morgan fingerprint density at radius 3 is 2.68 bits per heavy atom. The average Bonchev–Trinajstić information content (AvgIpc) is 3.28. The van der Waals surface area contributed by atoms with Crippen LogP contribution < -0.4 is 11.0 Å². The number of hydrogen-bond donors (Lipinski definition) is 1. The van der Waals surface area contributed by atoms with Crippen LogP contribution in [0.1, 0.15) is 55.2 Å². The van der Waals surface area contributed by atoms with Crippen LogP contribution in [-0.2, 0) is 24.2 Å². The lowest BCUT2D eigenvalue weighted by Gasteiger charge is -2.22. The third-order valence-electron chi connectivity index (χ3n) is 5.55. The number of fused-ring (bicyclic) bond motifs is 1. The van der Waals surface area contributed by atoms with Crippen molar-refractivity contribution in [1.29, 1.82) is 0 Å². The van der Waals surface area contributed by atoms with Crippen LogP contribution in [0.15, 0.2) is 56.9 Å². The molecular weight excluding hydrogens is 410 g/mol. The first kappa shape index (κ1) is 21.4. The van der Waals surface area contributed by atoms with Crippen molar-refractivity contribution < 1.29 is 9.21 Å². The number of nitrogens with zero attached hydrogens (tertiary/aromatic N) is 2. The summed E-state index contributed by atoms with van der Waals surface area (Å²) < 4.78 is 7.14. The van der Waals surface area contributed by atoms with Gasteiger partial charge in [-0.3, -0.25) is 9.36 Å². The van der Waals surface area contributed by atoms with Gasteiger partial charge in [0.05, 0.1) is 18.6 Å². The van der Waals surface area contributed by atoms with Crippen molar-refractivity contribution in [2.75, 3.05) is 11.1 Å². The molecule has 1 N–H and O–H groups in total. The Morgan fingerprint density at radius 2 is 1.97 bits per heavy atom. The number of carbonyl (C=O) groups is 1. The summed E-state index contributed by atoms with van der Waals surface area (Å²) in [5.41, 5.74) is 3.84. The molecule has 0 bridgehead atoms. The molecule has 0 saturated heterocycles. The van der Waals surface area contributed by atoms with Crippen LogP contribution in [0.3, 0.4) is 0 Å². The van der Waals surface area contributed by atoms with Gasteiger partial charge in [-0.05, 0) is 61.4 Å². The molecule has 0 aliphatic heterocycles. The number of thioether (sulfide) groups is 1. The number of nitrogens with one attached hydrogen (secondary N) is 1. The van der Waals surface area contributed by atoms with Gasteiger partial charge in [-0.1, -0.05) is 37.7 Å². The van der Waals surface area contributed by atoms with E-state index in [4.69, 9.17) is 4.42 Å². The number of rotatable bonds is 7. The van der Waals surface area contributed by atoms with Gasteiger partial charge in [-0.25, -0.2) is 4.79 Å². The number of furan rings is 1. The first-order valence-corrected chi connectivity index (χ1v) is 11.7. The predicted molar refractivity (Wildman–Crippen MR) is 123 cm³/mol. The molecule has 2 heterocycles. The van der Waals surface area contributed by atoms with Crippen LogP contribution in [0.2, 0.25) is 0 Å². The van der Waals surface area contributed by atoms with Gasteiger partial charge in [0, 0.05) is 16.9 Å². The van der Waals surface area contributed by atoms with Gasteiger partial charge in [-0.15, -0.1) is 0 Å². The van der Waals surface area contributed by atoms with E-state index in [1.807, 2.05) is 36.4 Å². The Bertz CT molecular complexity index is 1100.